The van der Waals surface area contributed by atoms with Crippen molar-refractivity contribution >= 4 is 11.9 Å². The highest BCUT2D eigenvalue weighted by Crippen LogP contribution is 2.44. The molecule has 2 aliphatic heterocycles. The molecular weight excluding hydrogens is 398 g/mol. The van der Waals surface area contributed by atoms with Crippen LogP contribution in [0.5, 0.6) is 28.7 Å². The molecule has 164 valence electrons. The van der Waals surface area contributed by atoms with E-state index in [1.54, 1.807) is 39.5 Å². The first-order valence-electron chi connectivity index (χ1n) is 10.2. The Morgan fingerprint density at radius 2 is 1.68 bits per heavy atom. The molecule has 31 heavy (non-hydrogen) atoms. The fourth-order valence-corrected chi connectivity index (χ4v) is 3.90. The van der Waals surface area contributed by atoms with Gasteiger partial charge in [-0.3, -0.25) is 9.69 Å². The van der Waals surface area contributed by atoms with Gasteiger partial charge in [-0.1, -0.05) is 0 Å². The highest BCUT2D eigenvalue weighted by atomic mass is 16.5. The van der Waals surface area contributed by atoms with E-state index in [-0.39, 0.29) is 11.5 Å². The molecule has 0 bridgehead atoms. The molecule has 0 saturated heterocycles. The first-order chi connectivity index (χ1) is 14.9. The van der Waals surface area contributed by atoms with Crippen molar-refractivity contribution < 1.29 is 28.5 Å². The van der Waals surface area contributed by atoms with Gasteiger partial charge < -0.3 is 23.7 Å². The summed E-state index contributed by atoms with van der Waals surface area (Å²) < 4.78 is 28.2. The normalized spacial score (nSPS) is 16.6. The minimum atomic E-state index is -0.167. The molecule has 0 saturated carbocycles. The van der Waals surface area contributed by atoms with Gasteiger partial charge in [0.05, 0.1) is 26.9 Å². The van der Waals surface area contributed by atoms with Crippen LogP contribution < -0.4 is 23.7 Å². The van der Waals surface area contributed by atoms with Crippen molar-refractivity contribution in [3.8, 4) is 28.7 Å². The Bertz CT molecular complexity index is 1070. The smallest absolute Gasteiger partial charge is 0.231 e. The monoisotopic (exact) mass is 425 g/mol. The largest absolute Gasteiger partial charge is 0.496 e. The van der Waals surface area contributed by atoms with E-state index in [0.717, 1.165) is 23.4 Å². The molecule has 2 aliphatic rings. The summed E-state index contributed by atoms with van der Waals surface area (Å²) >= 11 is 0. The summed E-state index contributed by atoms with van der Waals surface area (Å²) in [5.41, 5.74) is 3.04. The second kappa shape index (κ2) is 8.15. The standard InChI is InChI=1S/C24H27NO6/c1-13(2)25-11-16-7-17-22(26)21(31-24(17)14(3)23(16)30-12-25)9-15-8-19(28-5)20(29-6)10-18(15)27-4/h7-10,13H,11-12H2,1-6H3/b21-9-. The molecule has 2 heterocycles. The molecule has 7 nitrogen and oxygen atoms in total. The second-order valence-corrected chi connectivity index (χ2v) is 7.87. The first-order valence-corrected chi connectivity index (χ1v) is 10.2. The summed E-state index contributed by atoms with van der Waals surface area (Å²) in [7, 11) is 4.68. The average Bonchev–Trinajstić information content (AvgIpc) is 3.08. The molecule has 0 aliphatic carbocycles. The van der Waals surface area contributed by atoms with Crippen molar-refractivity contribution in [2.24, 2.45) is 0 Å². The van der Waals surface area contributed by atoms with Crippen molar-refractivity contribution in [1.29, 1.82) is 0 Å². The number of ether oxygens (including phenoxy) is 5. The molecule has 0 fully saturated rings. The predicted octanol–water partition coefficient (Wildman–Crippen LogP) is 4.20. The zero-order chi connectivity index (χ0) is 22.3. The van der Waals surface area contributed by atoms with E-state index in [1.165, 1.54) is 0 Å². The molecule has 0 amide bonds. The van der Waals surface area contributed by atoms with Crippen LogP contribution in [0.3, 0.4) is 0 Å². The lowest BCUT2D eigenvalue weighted by Crippen LogP contribution is -2.37. The van der Waals surface area contributed by atoms with Crippen molar-refractivity contribution in [1.82, 2.24) is 4.90 Å². The lowest BCUT2D eigenvalue weighted by molar-refractivity contribution is 0.0678. The van der Waals surface area contributed by atoms with Gasteiger partial charge in [0, 0.05) is 35.3 Å². The highest BCUT2D eigenvalue weighted by Gasteiger charge is 2.34. The number of carbonyl (C=O) groups excluding carboxylic acids is 1. The Balaban J connectivity index is 1.74. The minimum Gasteiger partial charge on any atom is -0.496 e. The lowest BCUT2D eigenvalue weighted by atomic mass is 9.99. The maximum absolute atomic E-state index is 13.2. The van der Waals surface area contributed by atoms with Gasteiger partial charge in [0.15, 0.2) is 17.3 Å². The van der Waals surface area contributed by atoms with Crippen LogP contribution in [-0.4, -0.2) is 44.8 Å². The van der Waals surface area contributed by atoms with Crippen molar-refractivity contribution in [3.63, 3.8) is 0 Å². The van der Waals surface area contributed by atoms with Crippen molar-refractivity contribution in [2.75, 3.05) is 28.1 Å². The third-order valence-corrected chi connectivity index (χ3v) is 5.72. The van der Waals surface area contributed by atoms with Crippen LogP contribution >= 0.6 is 0 Å². The Labute approximate surface area is 182 Å². The first kappa shape index (κ1) is 21.1. The number of methoxy groups -OCH3 is 3. The van der Waals surface area contributed by atoms with E-state index in [0.29, 0.717) is 46.9 Å². The average molecular weight is 425 g/mol. The summed E-state index contributed by atoms with van der Waals surface area (Å²) in [6, 6.07) is 5.71. The zero-order valence-corrected chi connectivity index (χ0v) is 18.7. The number of hydrogen-bond acceptors (Lipinski definition) is 7. The molecular formula is C24H27NO6. The van der Waals surface area contributed by atoms with Crippen LogP contribution in [-0.2, 0) is 6.54 Å². The van der Waals surface area contributed by atoms with Crippen molar-refractivity contribution in [2.45, 2.75) is 33.4 Å². The molecule has 0 N–H and O–H groups in total. The van der Waals surface area contributed by atoms with E-state index in [9.17, 15) is 4.79 Å². The van der Waals surface area contributed by atoms with Crippen LogP contribution in [0, 0.1) is 6.92 Å². The van der Waals surface area contributed by atoms with Crippen LogP contribution in [0.1, 0.15) is 40.9 Å². The molecule has 0 unspecified atom stereocenters. The van der Waals surface area contributed by atoms with Gasteiger partial charge in [0.1, 0.15) is 24.0 Å². The number of rotatable bonds is 5. The minimum absolute atomic E-state index is 0.167. The SMILES string of the molecule is COc1cc(OC)c(OC)cc1/C=C1\Oc2c(cc3c(c2C)OCN(C(C)C)C3)C1=O. The molecule has 0 aromatic heterocycles. The van der Waals surface area contributed by atoms with Gasteiger partial charge in [-0.2, -0.15) is 0 Å². The summed E-state index contributed by atoms with van der Waals surface area (Å²) in [4.78, 5) is 15.4. The Morgan fingerprint density at radius 1 is 1.00 bits per heavy atom. The molecule has 4 rings (SSSR count). The van der Waals surface area contributed by atoms with Gasteiger partial charge in [0.2, 0.25) is 5.78 Å². The maximum atomic E-state index is 13.2. The predicted molar refractivity (Wildman–Crippen MR) is 116 cm³/mol. The fraction of sp³-hybridized carbons (Fsp3) is 0.375. The molecule has 2 aromatic rings. The number of nitrogens with zero attached hydrogens (tertiary/aromatic N) is 1. The molecule has 7 heteroatoms. The highest BCUT2D eigenvalue weighted by molar-refractivity contribution is 6.15. The van der Waals surface area contributed by atoms with Gasteiger partial charge in [-0.25, -0.2) is 0 Å². The summed E-state index contributed by atoms with van der Waals surface area (Å²) in [6.45, 7) is 7.43. The van der Waals surface area contributed by atoms with E-state index in [4.69, 9.17) is 23.7 Å². The second-order valence-electron chi connectivity index (χ2n) is 7.87. The van der Waals surface area contributed by atoms with E-state index < -0.39 is 0 Å². The molecule has 0 atom stereocenters. The summed E-state index contributed by atoms with van der Waals surface area (Å²) in [6.07, 6.45) is 1.67. The number of hydrogen-bond donors (Lipinski definition) is 0. The maximum Gasteiger partial charge on any atom is 0.231 e. The Kier molecular flexibility index (Phi) is 5.54. The molecule has 0 radical (unpaired) electrons. The van der Waals surface area contributed by atoms with E-state index in [2.05, 4.69) is 18.7 Å². The van der Waals surface area contributed by atoms with Gasteiger partial charge in [0.25, 0.3) is 0 Å². The summed E-state index contributed by atoms with van der Waals surface area (Å²) in [5.74, 6) is 3.03. The Morgan fingerprint density at radius 3 is 2.32 bits per heavy atom. The quantitative estimate of drug-likeness (QED) is 0.665. The number of Topliss-reactive ketones (excluding diaryl/α,β-unsaturated/α-hetero) is 1. The number of benzene rings is 2. The Hall–Kier alpha value is -3.19. The summed E-state index contributed by atoms with van der Waals surface area (Å²) in [5, 5.41) is 0. The topological polar surface area (TPSA) is 66.5 Å². The van der Waals surface area contributed by atoms with Gasteiger partial charge in [-0.15, -0.1) is 0 Å². The lowest BCUT2D eigenvalue weighted by Gasteiger charge is -2.32. The zero-order valence-electron chi connectivity index (χ0n) is 18.7. The van der Waals surface area contributed by atoms with E-state index in [1.807, 2.05) is 13.0 Å². The van der Waals surface area contributed by atoms with Crippen LogP contribution in [0.15, 0.2) is 24.0 Å². The fourth-order valence-electron chi connectivity index (χ4n) is 3.90. The van der Waals surface area contributed by atoms with Crippen molar-refractivity contribution in [3.05, 3.63) is 46.2 Å². The molecule has 0 spiro atoms. The third kappa shape index (κ3) is 3.59. The van der Waals surface area contributed by atoms with Crippen LogP contribution in [0.4, 0.5) is 0 Å². The van der Waals surface area contributed by atoms with Gasteiger partial charge >= 0.3 is 0 Å². The van der Waals surface area contributed by atoms with Crippen LogP contribution in [0.25, 0.3) is 6.08 Å². The third-order valence-electron chi connectivity index (χ3n) is 5.72. The van der Waals surface area contributed by atoms with Crippen LogP contribution in [0.2, 0.25) is 0 Å². The molecule has 2 aromatic carbocycles. The number of fused-ring (bicyclic) bond motifs is 2. The number of carbonyl (C=O) groups is 1. The number of ketones is 1. The van der Waals surface area contributed by atoms with E-state index >= 15 is 0 Å². The number of allylic oxidation sites excluding steroid dienone is 1. The van der Waals surface area contributed by atoms with Gasteiger partial charge in [-0.05, 0) is 39.0 Å².